The zero-order valence-electron chi connectivity index (χ0n) is 16.2. The number of hydrogen-bond donors (Lipinski definition) is 3. The van der Waals surface area contributed by atoms with E-state index in [9.17, 15) is 14.7 Å². The van der Waals surface area contributed by atoms with Gasteiger partial charge >= 0.3 is 5.97 Å². The first-order valence-corrected chi connectivity index (χ1v) is 10.5. The number of anilines is 1. The van der Waals surface area contributed by atoms with Crippen LogP contribution in [0.3, 0.4) is 0 Å². The molecule has 1 aliphatic heterocycles. The molecule has 3 N–H and O–H groups in total. The van der Waals surface area contributed by atoms with Crippen LogP contribution in [-0.4, -0.2) is 57.9 Å². The first-order chi connectivity index (χ1) is 14.0. The first-order valence-electron chi connectivity index (χ1n) is 9.61. The number of hydrogen-bond acceptors (Lipinski definition) is 5. The van der Waals surface area contributed by atoms with Crippen molar-refractivity contribution in [3.63, 3.8) is 0 Å². The van der Waals surface area contributed by atoms with Gasteiger partial charge in [0.25, 0.3) is 0 Å². The highest BCUT2D eigenvalue weighted by atomic mass is 32.1. The number of amides is 1. The van der Waals surface area contributed by atoms with Crippen molar-refractivity contribution in [1.29, 1.82) is 0 Å². The lowest BCUT2D eigenvalue weighted by Crippen LogP contribution is -2.48. The van der Waals surface area contributed by atoms with Gasteiger partial charge in [0, 0.05) is 72.9 Å². The first kappa shape index (κ1) is 19.6. The average molecular weight is 413 g/mol. The molecular weight excluding hydrogens is 388 g/mol. The van der Waals surface area contributed by atoms with Crippen molar-refractivity contribution in [3.8, 4) is 0 Å². The van der Waals surface area contributed by atoms with Crippen molar-refractivity contribution < 1.29 is 14.7 Å². The van der Waals surface area contributed by atoms with Gasteiger partial charge in [0.1, 0.15) is 6.04 Å². The molecule has 3 aromatic rings. The summed E-state index contributed by atoms with van der Waals surface area (Å²) in [6, 6.07) is 9.01. The van der Waals surface area contributed by atoms with E-state index in [0.29, 0.717) is 18.8 Å². The van der Waals surface area contributed by atoms with Crippen LogP contribution in [0.2, 0.25) is 0 Å². The molecule has 1 aliphatic rings. The lowest BCUT2D eigenvalue weighted by molar-refractivity contribution is -0.144. The molecule has 29 heavy (non-hydrogen) atoms. The largest absolute Gasteiger partial charge is 0.480 e. The van der Waals surface area contributed by atoms with Gasteiger partial charge in [0.15, 0.2) is 0 Å². The molecule has 1 aromatic carbocycles. The standard InChI is InChI=1S/C21H24N4O3S/c1-14(26)23-15-4-5-17-18(12-22-19(17)11-15)20(21(27)28)25-8-6-24(7-9-25)13-16-3-2-10-29-16/h2-5,10-12,20,22H,6-9,13H2,1H3,(H,23,26)(H,27,28)/t20-/m1/s1. The molecular formula is C21H24N4O3S. The maximum Gasteiger partial charge on any atom is 0.325 e. The molecule has 1 saturated heterocycles. The number of thiophene rings is 1. The minimum Gasteiger partial charge on any atom is -0.480 e. The van der Waals surface area contributed by atoms with E-state index in [1.165, 1.54) is 11.8 Å². The van der Waals surface area contributed by atoms with Crippen molar-refractivity contribution >= 4 is 39.8 Å². The zero-order chi connectivity index (χ0) is 20.4. The van der Waals surface area contributed by atoms with Crippen molar-refractivity contribution in [1.82, 2.24) is 14.8 Å². The highest BCUT2D eigenvalue weighted by Crippen LogP contribution is 2.31. The number of piperazine rings is 1. The van der Waals surface area contributed by atoms with Crippen LogP contribution in [0.5, 0.6) is 0 Å². The van der Waals surface area contributed by atoms with Gasteiger partial charge in [-0.3, -0.25) is 19.4 Å². The molecule has 1 atom stereocenters. The summed E-state index contributed by atoms with van der Waals surface area (Å²) in [6.45, 7) is 5.48. The molecule has 0 unspecified atom stereocenters. The zero-order valence-corrected chi connectivity index (χ0v) is 17.0. The van der Waals surface area contributed by atoms with Crippen LogP contribution in [0.4, 0.5) is 5.69 Å². The number of rotatable bonds is 6. The molecule has 0 aliphatic carbocycles. The van der Waals surface area contributed by atoms with Crippen LogP contribution in [-0.2, 0) is 16.1 Å². The third kappa shape index (κ3) is 4.34. The van der Waals surface area contributed by atoms with Crippen LogP contribution in [0.1, 0.15) is 23.4 Å². The van der Waals surface area contributed by atoms with E-state index in [1.807, 2.05) is 17.0 Å². The normalized spacial score (nSPS) is 16.7. The Kier molecular flexibility index (Phi) is 5.66. The van der Waals surface area contributed by atoms with Crippen molar-refractivity contribution in [2.75, 3.05) is 31.5 Å². The summed E-state index contributed by atoms with van der Waals surface area (Å²) in [4.78, 5) is 32.4. The maximum atomic E-state index is 12.2. The molecule has 0 saturated carbocycles. The molecule has 0 spiro atoms. The number of carboxylic acid groups (broad SMARTS) is 1. The minimum atomic E-state index is -0.844. The van der Waals surface area contributed by atoms with Gasteiger partial charge in [0.2, 0.25) is 5.91 Å². The van der Waals surface area contributed by atoms with E-state index in [0.717, 1.165) is 36.1 Å². The molecule has 4 rings (SSSR count). The summed E-state index contributed by atoms with van der Waals surface area (Å²) < 4.78 is 0. The number of aromatic nitrogens is 1. The fourth-order valence-electron chi connectivity index (χ4n) is 3.94. The number of carbonyl (C=O) groups is 2. The number of carboxylic acids is 1. The summed E-state index contributed by atoms with van der Waals surface area (Å²) in [6.07, 6.45) is 1.78. The Hall–Kier alpha value is -2.68. The monoisotopic (exact) mass is 412 g/mol. The predicted molar refractivity (Wildman–Crippen MR) is 114 cm³/mol. The van der Waals surface area contributed by atoms with Crippen LogP contribution >= 0.6 is 11.3 Å². The summed E-state index contributed by atoms with van der Waals surface area (Å²) in [5, 5.41) is 15.7. The summed E-state index contributed by atoms with van der Waals surface area (Å²) in [5.74, 6) is -0.983. The highest BCUT2D eigenvalue weighted by molar-refractivity contribution is 7.09. The molecule has 1 fully saturated rings. The fourth-order valence-corrected chi connectivity index (χ4v) is 4.69. The maximum absolute atomic E-state index is 12.2. The second-order valence-electron chi connectivity index (χ2n) is 7.32. The number of benzene rings is 1. The molecule has 8 heteroatoms. The van der Waals surface area contributed by atoms with Crippen molar-refractivity contribution in [3.05, 3.63) is 52.3 Å². The second kappa shape index (κ2) is 8.36. The summed E-state index contributed by atoms with van der Waals surface area (Å²) >= 11 is 1.75. The van der Waals surface area contributed by atoms with Crippen molar-refractivity contribution in [2.24, 2.45) is 0 Å². The fraction of sp³-hybridized carbons (Fsp3) is 0.333. The number of aliphatic carboxylic acids is 1. The van der Waals surface area contributed by atoms with Gasteiger partial charge in [0.05, 0.1) is 0 Å². The van der Waals surface area contributed by atoms with E-state index in [-0.39, 0.29) is 5.91 Å². The van der Waals surface area contributed by atoms with Crippen LogP contribution in [0.25, 0.3) is 10.9 Å². The molecule has 0 bridgehead atoms. The minimum absolute atomic E-state index is 0.139. The second-order valence-corrected chi connectivity index (χ2v) is 8.35. The highest BCUT2D eigenvalue weighted by Gasteiger charge is 2.32. The summed E-state index contributed by atoms with van der Waals surface area (Å²) in [5.41, 5.74) is 2.26. The Labute approximate surface area is 172 Å². The van der Waals surface area contributed by atoms with Gasteiger partial charge < -0.3 is 15.4 Å². The Balaban J connectivity index is 1.51. The Morgan fingerprint density at radius 1 is 1.24 bits per heavy atom. The van der Waals surface area contributed by atoms with E-state index < -0.39 is 12.0 Å². The lowest BCUT2D eigenvalue weighted by Gasteiger charge is -2.37. The smallest absolute Gasteiger partial charge is 0.325 e. The van der Waals surface area contributed by atoms with Crippen LogP contribution in [0.15, 0.2) is 41.9 Å². The molecule has 3 heterocycles. The molecule has 2 aromatic heterocycles. The average Bonchev–Trinajstić information content (AvgIpc) is 3.33. The lowest BCUT2D eigenvalue weighted by atomic mass is 10.0. The molecule has 1 amide bonds. The molecule has 0 radical (unpaired) electrons. The van der Waals surface area contributed by atoms with Crippen LogP contribution < -0.4 is 5.32 Å². The van der Waals surface area contributed by atoms with E-state index >= 15 is 0 Å². The Morgan fingerprint density at radius 2 is 2.03 bits per heavy atom. The number of H-pyrrole nitrogens is 1. The van der Waals surface area contributed by atoms with E-state index in [1.54, 1.807) is 23.6 Å². The van der Waals surface area contributed by atoms with Gasteiger partial charge in [-0.1, -0.05) is 12.1 Å². The number of carbonyl (C=O) groups excluding carboxylic acids is 1. The van der Waals surface area contributed by atoms with Crippen LogP contribution in [0, 0.1) is 0 Å². The summed E-state index contributed by atoms with van der Waals surface area (Å²) in [7, 11) is 0. The van der Waals surface area contributed by atoms with Gasteiger partial charge in [-0.15, -0.1) is 11.3 Å². The Bertz CT molecular complexity index is 1010. The van der Waals surface area contributed by atoms with Gasteiger partial charge in [-0.2, -0.15) is 0 Å². The molecule has 7 nitrogen and oxygen atoms in total. The van der Waals surface area contributed by atoms with E-state index in [4.69, 9.17) is 0 Å². The third-order valence-corrected chi connectivity index (χ3v) is 6.16. The molecule has 152 valence electrons. The number of nitrogens with one attached hydrogen (secondary N) is 2. The third-order valence-electron chi connectivity index (χ3n) is 5.29. The number of aromatic amines is 1. The predicted octanol–water partition coefficient (Wildman–Crippen LogP) is 3.13. The Morgan fingerprint density at radius 3 is 2.69 bits per heavy atom. The van der Waals surface area contributed by atoms with Gasteiger partial charge in [-0.25, -0.2) is 0 Å². The number of nitrogens with zero attached hydrogens (tertiary/aromatic N) is 2. The SMILES string of the molecule is CC(=O)Nc1ccc2c([C@H](C(=O)O)N3CCN(Cc4cccs4)CC3)c[nH]c2c1. The van der Waals surface area contributed by atoms with Crippen molar-refractivity contribution in [2.45, 2.75) is 19.5 Å². The van der Waals surface area contributed by atoms with Gasteiger partial charge in [-0.05, 0) is 23.6 Å². The quantitative estimate of drug-likeness (QED) is 0.579. The topological polar surface area (TPSA) is 88.7 Å². The number of fused-ring (bicyclic) bond motifs is 1. The van der Waals surface area contributed by atoms with E-state index in [2.05, 4.69) is 32.7 Å².